The van der Waals surface area contributed by atoms with Gasteiger partial charge in [-0.05, 0) is 37.1 Å². The largest absolute Gasteiger partial charge is 0.361 e. The smallest absolute Gasteiger partial charge is 0.324 e. The van der Waals surface area contributed by atoms with E-state index < -0.39 is 0 Å². The molecule has 2 heterocycles. The topological polar surface area (TPSA) is 85.6 Å². The lowest BCUT2D eigenvalue weighted by molar-refractivity contribution is 0.262. The summed E-state index contributed by atoms with van der Waals surface area (Å²) in [6.45, 7) is 0. The Morgan fingerprint density at radius 3 is 2.95 bits per heavy atom. The molecule has 0 atom stereocenters. The summed E-state index contributed by atoms with van der Waals surface area (Å²) in [7, 11) is 0. The molecule has 0 radical (unpaired) electrons. The summed E-state index contributed by atoms with van der Waals surface area (Å²) in [4.78, 5) is 15.1. The Kier molecular flexibility index (Phi) is 2.67. The molecule has 2 amide bonds. The fourth-order valence-electron chi connectivity index (χ4n) is 2.41. The summed E-state index contributed by atoms with van der Waals surface area (Å²) in [6, 6.07) is 9.30. The normalized spacial score (nSPS) is 14.3. The van der Waals surface area contributed by atoms with E-state index in [1.807, 2.05) is 36.5 Å². The zero-order valence-electron chi connectivity index (χ0n) is 11.3. The molecule has 106 valence electrons. The van der Waals surface area contributed by atoms with Crippen LogP contribution in [-0.2, 0) is 0 Å². The number of H-pyrrole nitrogens is 2. The maximum absolute atomic E-state index is 12.0. The summed E-state index contributed by atoms with van der Waals surface area (Å²) >= 11 is 0. The lowest BCUT2D eigenvalue weighted by Gasteiger charge is -2.05. The number of nitrogens with zero attached hydrogens (tertiary/aromatic N) is 1. The van der Waals surface area contributed by atoms with E-state index in [4.69, 9.17) is 0 Å². The van der Waals surface area contributed by atoms with E-state index in [9.17, 15) is 4.79 Å². The fourth-order valence-corrected chi connectivity index (χ4v) is 2.41. The number of fused-ring (bicyclic) bond motifs is 1. The van der Waals surface area contributed by atoms with Crippen molar-refractivity contribution in [1.82, 2.24) is 15.2 Å². The molecular formula is C15H15N5O. The van der Waals surface area contributed by atoms with E-state index in [1.165, 1.54) is 12.8 Å². The van der Waals surface area contributed by atoms with Gasteiger partial charge in [0.2, 0.25) is 0 Å². The molecule has 1 saturated carbocycles. The van der Waals surface area contributed by atoms with Crippen molar-refractivity contribution in [1.29, 1.82) is 0 Å². The lowest BCUT2D eigenvalue weighted by atomic mass is 10.2. The Balaban J connectivity index is 1.44. The van der Waals surface area contributed by atoms with Crippen LogP contribution in [-0.4, -0.2) is 21.2 Å². The van der Waals surface area contributed by atoms with Crippen LogP contribution in [0, 0.1) is 0 Å². The Hall–Kier alpha value is -2.76. The van der Waals surface area contributed by atoms with Gasteiger partial charge in [-0.3, -0.25) is 10.4 Å². The summed E-state index contributed by atoms with van der Waals surface area (Å²) < 4.78 is 0. The van der Waals surface area contributed by atoms with Crippen molar-refractivity contribution >= 4 is 28.4 Å². The zero-order chi connectivity index (χ0) is 14.2. The third-order valence-electron chi connectivity index (χ3n) is 3.65. The van der Waals surface area contributed by atoms with E-state index in [0.29, 0.717) is 11.7 Å². The van der Waals surface area contributed by atoms with Gasteiger partial charge in [-0.15, -0.1) is 0 Å². The molecule has 21 heavy (non-hydrogen) atoms. The second kappa shape index (κ2) is 4.66. The molecule has 2 aromatic heterocycles. The second-order valence-corrected chi connectivity index (χ2v) is 5.34. The van der Waals surface area contributed by atoms with Crippen LogP contribution in [0.3, 0.4) is 0 Å². The van der Waals surface area contributed by atoms with Crippen LogP contribution in [0.25, 0.3) is 10.9 Å². The van der Waals surface area contributed by atoms with Gasteiger partial charge in [0, 0.05) is 34.8 Å². The molecule has 0 aliphatic heterocycles. The fraction of sp³-hybridized carbons (Fsp3) is 0.200. The maximum Gasteiger partial charge on any atom is 0.324 e. The van der Waals surface area contributed by atoms with Gasteiger partial charge in [0.15, 0.2) is 0 Å². The summed E-state index contributed by atoms with van der Waals surface area (Å²) in [5.41, 5.74) is 2.82. The van der Waals surface area contributed by atoms with Crippen LogP contribution < -0.4 is 10.6 Å². The monoisotopic (exact) mass is 281 g/mol. The summed E-state index contributed by atoms with van der Waals surface area (Å²) in [5, 5.41) is 13.7. The molecular weight excluding hydrogens is 266 g/mol. The molecule has 0 saturated heterocycles. The van der Waals surface area contributed by atoms with Gasteiger partial charge in [0.1, 0.15) is 5.82 Å². The van der Waals surface area contributed by atoms with Crippen molar-refractivity contribution in [2.75, 3.05) is 10.6 Å². The molecule has 1 aliphatic carbocycles. The van der Waals surface area contributed by atoms with Crippen molar-refractivity contribution < 1.29 is 4.79 Å². The Labute approximate surface area is 120 Å². The number of amides is 2. The minimum absolute atomic E-state index is 0.282. The zero-order valence-corrected chi connectivity index (χ0v) is 11.3. The molecule has 4 rings (SSSR count). The first kappa shape index (κ1) is 12.0. The van der Waals surface area contributed by atoms with Gasteiger partial charge in [-0.25, -0.2) is 4.79 Å². The summed E-state index contributed by atoms with van der Waals surface area (Å²) in [6.07, 6.45) is 4.25. The molecule has 0 unspecified atom stereocenters. The van der Waals surface area contributed by atoms with E-state index in [2.05, 4.69) is 25.8 Å². The predicted octanol–water partition coefficient (Wildman–Crippen LogP) is 3.41. The SMILES string of the molecule is O=C(Nc1ccc2[nH]ccc2c1)Nc1cc(C2CC2)n[nH]1. The lowest BCUT2D eigenvalue weighted by Crippen LogP contribution is -2.19. The van der Waals surface area contributed by atoms with Crippen molar-refractivity contribution in [2.24, 2.45) is 0 Å². The summed E-state index contributed by atoms with van der Waals surface area (Å²) in [5.74, 6) is 1.19. The molecule has 1 aliphatic rings. The van der Waals surface area contributed by atoms with Gasteiger partial charge in [0.05, 0.1) is 5.69 Å². The average Bonchev–Trinajstić information content (AvgIpc) is 3.04. The van der Waals surface area contributed by atoms with Gasteiger partial charge in [-0.1, -0.05) is 0 Å². The van der Waals surface area contributed by atoms with E-state index in [-0.39, 0.29) is 6.03 Å². The van der Waals surface area contributed by atoms with E-state index in [0.717, 1.165) is 22.3 Å². The van der Waals surface area contributed by atoms with E-state index in [1.54, 1.807) is 0 Å². The van der Waals surface area contributed by atoms with Crippen LogP contribution in [0.4, 0.5) is 16.3 Å². The van der Waals surface area contributed by atoms with E-state index >= 15 is 0 Å². The first-order chi connectivity index (χ1) is 10.3. The highest BCUT2D eigenvalue weighted by molar-refractivity contribution is 6.00. The van der Waals surface area contributed by atoms with Crippen LogP contribution in [0.5, 0.6) is 0 Å². The number of hydrogen-bond acceptors (Lipinski definition) is 2. The van der Waals surface area contributed by atoms with Crippen LogP contribution >= 0.6 is 0 Å². The van der Waals surface area contributed by atoms with Gasteiger partial charge < -0.3 is 10.3 Å². The minimum atomic E-state index is -0.282. The highest BCUT2D eigenvalue weighted by Crippen LogP contribution is 2.39. The van der Waals surface area contributed by atoms with Crippen molar-refractivity contribution in [3.8, 4) is 0 Å². The van der Waals surface area contributed by atoms with Crippen LogP contribution in [0.2, 0.25) is 0 Å². The first-order valence-electron chi connectivity index (χ1n) is 6.98. The van der Waals surface area contributed by atoms with Crippen molar-refractivity contribution in [2.45, 2.75) is 18.8 Å². The third-order valence-corrected chi connectivity index (χ3v) is 3.65. The quantitative estimate of drug-likeness (QED) is 0.593. The number of benzene rings is 1. The Bertz CT molecular complexity index is 799. The van der Waals surface area contributed by atoms with Crippen molar-refractivity contribution in [3.63, 3.8) is 0 Å². The van der Waals surface area contributed by atoms with Gasteiger partial charge in [-0.2, -0.15) is 5.10 Å². The van der Waals surface area contributed by atoms with Gasteiger partial charge in [0.25, 0.3) is 0 Å². The highest BCUT2D eigenvalue weighted by atomic mass is 16.2. The minimum Gasteiger partial charge on any atom is -0.361 e. The predicted molar refractivity (Wildman–Crippen MR) is 81.5 cm³/mol. The number of carbonyl (C=O) groups is 1. The van der Waals surface area contributed by atoms with Crippen molar-refractivity contribution in [3.05, 3.63) is 42.2 Å². The number of rotatable bonds is 3. The highest BCUT2D eigenvalue weighted by Gasteiger charge is 2.26. The maximum atomic E-state index is 12.0. The van der Waals surface area contributed by atoms with Crippen LogP contribution in [0.15, 0.2) is 36.5 Å². The molecule has 1 fully saturated rings. The molecule has 6 nitrogen and oxygen atoms in total. The molecule has 3 aromatic rings. The number of anilines is 2. The number of aromatic nitrogens is 3. The van der Waals surface area contributed by atoms with Gasteiger partial charge >= 0.3 is 6.03 Å². The number of urea groups is 1. The number of nitrogens with one attached hydrogen (secondary N) is 4. The number of hydrogen-bond donors (Lipinski definition) is 4. The number of carbonyl (C=O) groups excluding carboxylic acids is 1. The number of aromatic amines is 2. The molecule has 6 heteroatoms. The Morgan fingerprint density at radius 2 is 2.10 bits per heavy atom. The average molecular weight is 281 g/mol. The molecule has 1 aromatic carbocycles. The molecule has 0 spiro atoms. The third kappa shape index (κ3) is 2.47. The molecule has 0 bridgehead atoms. The Morgan fingerprint density at radius 1 is 1.19 bits per heavy atom. The van der Waals surface area contributed by atoms with Crippen LogP contribution in [0.1, 0.15) is 24.5 Å². The standard InChI is InChI=1S/C15H15N5O/c21-15(18-14-8-13(19-20-14)9-1-2-9)17-11-3-4-12-10(7-11)5-6-16-12/h3-9,16H,1-2H2,(H3,17,18,19,20,21). The first-order valence-corrected chi connectivity index (χ1v) is 6.98. The molecule has 4 N–H and O–H groups in total. The second-order valence-electron chi connectivity index (χ2n) is 5.34.